The summed E-state index contributed by atoms with van der Waals surface area (Å²) in [6, 6.07) is 0. The average Bonchev–Trinajstić information content (AvgIpc) is 2.94. The Morgan fingerprint density at radius 1 is 1.45 bits per heavy atom. The molecule has 1 saturated carbocycles. The van der Waals surface area contributed by atoms with Gasteiger partial charge in [0.15, 0.2) is 0 Å². The highest BCUT2D eigenvalue weighted by molar-refractivity contribution is 5.75. The first-order valence-corrected chi connectivity index (χ1v) is 8.45. The van der Waals surface area contributed by atoms with E-state index in [1.54, 1.807) is 24.0 Å². The van der Waals surface area contributed by atoms with Crippen LogP contribution in [0.2, 0.25) is 0 Å². The molecular weight excluding hydrogens is 278 g/mol. The maximum atomic E-state index is 11.9. The summed E-state index contributed by atoms with van der Waals surface area (Å²) in [6.07, 6.45) is 12.8. The van der Waals surface area contributed by atoms with Gasteiger partial charge in [-0.2, -0.15) is 5.10 Å². The van der Waals surface area contributed by atoms with Crippen LogP contribution in [0.15, 0.2) is 12.4 Å². The molecule has 0 aromatic carbocycles. The molecule has 2 rings (SSSR count). The van der Waals surface area contributed by atoms with E-state index in [9.17, 15) is 9.90 Å². The number of nitrogens with one attached hydrogen (secondary N) is 1. The van der Waals surface area contributed by atoms with E-state index in [2.05, 4.69) is 10.4 Å². The normalized spacial score (nSPS) is 18.9. The van der Waals surface area contributed by atoms with Gasteiger partial charge in [-0.05, 0) is 25.7 Å². The van der Waals surface area contributed by atoms with Gasteiger partial charge >= 0.3 is 0 Å². The lowest BCUT2D eigenvalue weighted by atomic mass is 9.86. The molecule has 124 valence electrons. The lowest BCUT2D eigenvalue weighted by Crippen LogP contribution is -2.38. The van der Waals surface area contributed by atoms with Gasteiger partial charge in [-0.1, -0.05) is 32.1 Å². The predicted octanol–water partition coefficient (Wildman–Crippen LogP) is 2.49. The van der Waals surface area contributed by atoms with Gasteiger partial charge in [0.25, 0.3) is 0 Å². The number of carbonyl (C=O) groups excluding carboxylic acids is 1. The molecule has 5 heteroatoms. The van der Waals surface area contributed by atoms with Crippen molar-refractivity contribution >= 4 is 5.91 Å². The van der Waals surface area contributed by atoms with Crippen LogP contribution in [-0.4, -0.2) is 27.3 Å². The molecule has 0 radical (unpaired) electrons. The molecule has 0 aliphatic heterocycles. The molecule has 0 bridgehead atoms. The maximum absolute atomic E-state index is 11.9. The molecule has 1 aromatic rings. The van der Waals surface area contributed by atoms with E-state index in [0.29, 0.717) is 6.42 Å². The van der Waals surface area contributed by atoms with E-state index < -0.39 is 5.60 Å². The van der Waals surface area contributed by atoms with Crippen LogP contribution in [0.4, 0.5) is 0 Å². The van der Waals surface area contributed by atoms with Crippen molar-refractivity contribution in [2.24, 2.45) is 13.0 Å². The molecule has 5 nitrogen and oxygen atoms in total. The Kier molecular flexibility index (Phi) is 6.00. The highest BCUT2D eigenvalue weighted by Crippen LogP contribution is 2.27. The number of hydrogen-bond acceptors (Lipinski definition) is 3. The number of aliphatic hydroxyl groups is 1. The molecule has 1 aliphatic carbocycles. The molecule has 1 amide bonds. The van der Waals surface area contributed by atoms with Gasteiger partial charge < -0.3 is 10.4 Å². The smallest absolute Gasteiger partial charge is 0.220 e. The summed E-state index contributed by atoms with van der Waals surface area (Å²) in [4.78, 5) is 11.9. The fourth-order valence-electron chi connectivity index (χ4n) is 3.19. The maximum Gasteiger partial charge on any atom is 0.220 e. The number of aromatic nitrogens is 2. The highest BCUT2D eigenvalue weighted by atomic mass is 16.3. The third-order valence-electron chi connectivity index (χ3n) is 4.70. The van der Waals surface area contributed by atoms with Gasteiger partial charge in [-0.25, -0.2) is 0 Å². The highest BCUT2D eigenvalue weighted by Gasteiger charge is 2.25. The van der Waals surface area contributed by atoms with Crippen molar-refractivity contribution in [3.05, 3.63) is 18.0 Å². The minimum Gasteiger partial charge on any atom is -0.383 e. The molecule has 22 heavy (non-hydrogen) atoms. The van der Waals surface area contributed by atoms with Gasteiger partial charge in [0, 0.05) is 25.2 Å². The largest absolute Gasteiger partial charge is 0.383 e. The fraction of sp³-hybridized carbons (Fsp3) is 0.765. The van der Waals surface area contributed by atoms with Crippen LogP contribution in [0.5, 0.6) is 0 Å². The molecule has 0 spiro atoms. The second kappa shape index (κ2) is 7.77. The van der Waals surface area contributed by atoms with Crippen molar-refractivity contribution in [1.29, 1.82) is 0 Å². The second-order valence-corrected chi connectivity index (χ2v) is 6.85. The molecule has 1 fully saturated rings. The zero-order chi connectivity index (χ0) is 16.0. The Morgan fingerprint density at radius 3 is 2.82 bits per heavy atom. The van der Waals surface area contributed by atoms with Gasteiger partial charge in [0.1, 0.15) is 5.60 Å². The van der Waals surface area contributed by atoms with E-state index in [0.717, 1.165) is 24.3 Å². The number of hydrogen-bond donors (Lipinski definition) is 2. The third kappa shape index (κ3) is 5.13. The molecule has 1 aliphatic rings. The summed E-state index contributed by atoms with van der Waals surface area (Å²) in [5.74, 6) is 0.847. The van der Waals surface area contributed by atoms with E-state index in [4.69, 9.17) is 0 Å². The lowest BCUT2D eigenvalue weighted by molar-refractivity contribution is -0.122. The topological polar surface area (TPSA) is 67.2 Å². The minimum absolute atomic E-state index is 0.0278. The summed E-state index contributed by atoms with van der Waals surface area (Å²) in [7, 11) is 1.81. The summed E-state index contributed by atoms with van der Waals surface area (Å²) in [5, 5.41) is 17.3. The Balaban J connectivity index is 1.66. The van der Waals surface area contributed by atoms with E-state index in [1.807, 2.05) is 7.05 Å². The molecule has 1 aromatic heterocycles. The van der Waals surface area contributed by atoms with E-state index in [1.165, 1.54) is 32.1 Å². The predicted molar refractivity (Wildman–Crippen MR) is 86.2 cm³/mol. The number of rotatable bonds is 7. The van der Waals surface area contributed by atoms with Crippen LogP contribution in [0.25, 0.3) is 0 Å². The monoisotopic (exact) mass is 307 g/mol. The van der Waals surface area contributed by atoms with Crippen LogP contribution < -0.4 is 5.32 Å². The Bertz CT molecular complexity index is 476. The van der Waals surface area contributed by atoms with Crippen molar-refractivity contribution in [3.8, 4) is 0 Å². The number of aryl methyl sites for hydroxylation is 1. The Morgan fingerprint density at radius 2 is 2.18 bits per heavy atom. The van der Waals surface area contributed by atoms with Crippen LogP contribution in [-0.2, 0) is 17.4 Å². The standard InChI is InChI=1S/C17H29N3O2/c1-17(22,15-11-19-20(2)12-15)13-18-16(21)10-6-9-14-7-4-3-5-8-14/h11-12,14,22H,3-10,13H2,1-2H3,(H,18,21). The third-order valence-corrected chi connectivity index (χ3v) is 4.70. The van der Waals surface area contributed by atoms with Gasteiger partial charge in [-0.15, -0.1) is 0 Å². The Labute approximate surface area is 133 Å². The number of amides is 1. The van der Waals surface area contributed by atoms with Crippen LogP contribution >= 0.6 is 0 Å². The van der Waals surface area contributed by atoms with Crippen LogP contribution in [0.1, 0.15) is 63.9 Å². The van der Waals surface area contributed by atoms with Crippen LogP contribution in [0, 0.1) is 5.92 Å². The first kappa shape index (κ1) is 17.0. The fourth-order valence-corrected chi connectivity index (χ4v) is 3.19. The van der Waals surface area contributed by atoms with Gasteiger partial charge in [0.05, 0.1) is 12.7 Å². The average molecular weight is 307 g/mol. The van der Waals surface area contributed by atoms with Crippen molar-refractivity contribution in [2.45, 2.75) is 63.9 Å². The summed E-state index contributed by atoms with van der Waals surface area (Å²) < 4.78 is 1.65. The zero-order valence-corrected chi connectivity index (χ0v) is 13.8. The summed E-state index contributed by atoms with van der Waals surface area (Å²) in [5.41, 5.74) is -0.356. The Hall–Kier alpha value is -1.36. The van der Waals surface area contributed by atoms with Crippen molar-refractivity contribution < 1.29 is 9.90 Å². The molecular formula is C17H29N3O2. The summed E-state index contributed by atoms with van der Waals surface area (Å²) in [6.45, 7) is 1.92. The molecule has 0 saturated heterocycles. The molecule has 1 unspecified atom stereocenters. The quantitative estimate of drug-likeness (QED) is 0.813. The van der Waals surface area contributed by atoms with Crippen LogP contribution in [0.3, 0.4) is 0 Å². The zero-order valence-electron chi connectivity index (χ0n) is 13.8. The van der Waals surface area contributed by atoms with Gasteiger partial charge in [-0.3, -0.25) is 9.48 Å². The first-order valence-electron chi connectivity index (χ1n) is 8.45. The SMILES string of the molecule is Cn1cc(C(C)(O)CNC(=O)CCCC2CCCCC2)cn1. The minimum atomic E-state index is -1.08. The van der Waals surface area contributed by atoms with Gasteiger partial charge in [0.2, 0.25) is 5.91 Å². The first-order chi connectivity index (χ1) is 10.5. The summed E-state index contributed by atoms with van der Waals surface area (Å²) >= 11 is 0. The van der Waals surface area contributed by atoms with Crippen molar-refractivity contribution in [3.63, 3.8) is 0 Å². The van der Waals surface area contributed by atoms with E-state index >= 15 is 0 Å². The lowest BCUT2D eigenvalue weighted by Gasteiger charge is -2.23. The number of nitrogens with zero attached hydrogens (tertiary/aromatic N) is 2. The second-order valence-electron chi connectivity index (χ2n) is 6.85. The van der Waals surface area contributed by atoms with E-state index in [-0.39, 0.29) is 12.5 Å². The van der Waals surface area contributed by atoms with Crippen molar-refractivity contribution in [1.82, 2.24) is 15.1 Å². The molecule has 1 atom stereocenters. The van der Waals surface area contributed by atoms with Crippen molar-refractivity contribution in [2.75, 3.05) is 6.54 Å². The number of carbonyl (C=O) groups is 1. The molecule has 1 heterocycles. The molecule has 2 N–H and O–H groups in total.